The first-order valence-electron chi connectivity index (χ1n) is 8.08. The smallest absolute Gasteiger partial charge is 0.235 e. The van der Waals surface area contributed by atoms with Gasteiger partial charge in [0.1, 0.15) is 5.54 Å². The molecule has 0 aromatic rings. The summed E-state index contributed by atoms with van der Waals surface area (Å²) in [5, 5.41) is 12.3. The third kappa shape index (κ3) is 3.96. The predicted molar refractivity (Wildman–Crippen MR) is 79.1 cm³/mol. The maximum Gasteiger partial charge on any atom is 0.235 e. The molecule has 112 valence electrons. The number of likely N-dealkylation sites (N-methyl/N-ethyl adjacent to an activating group) is 1. The van der Waals surface area contributed by atoms with Crippen molar-refractivity contribution in [2.45, 2.75) is 75.8 Å². The Labute approximate surface area is 122 Å². The van der Waals surface area contributed by atoms with Gasteiger partial charge < -0.3 is 5.32 Å². The molecule has 4 heteroatoms. The summed E-state index contributed by atoms with van der Waals surface area (Å²) in [6.07, 6.45) is 11.3. The van der Waals surface area contributed by atoms with Crippen LogP contribution in [0.2, 0.25) is 0 Å². The number of nitrogens with one attached hydrogen (secondary N) is 1. The average molecular weight is 277 g/mol. The van der Waals surface area contributed by atoms with Crippen molar-refractivity contribution in [2.75, 3.05) is 13.6 Å². The standard InChI is InChI=1S/C16H27N3O/c1-19(14-8-4-2-3-5-9-14)12-15(20)18-16(13-17)10-6-7-11-16/h14H,2-12H2,1H3,(H,18,20). The van der Waals surface area contributed by atoms with Gasteiger partial charge >= 0.3 is 0 Å². The molecule has 4 nitrogen and oxygen atoms in total. The molecule has 2 rings (SSSR count). The molecule has 0 unspecified atom stereocenters. The topological polar surface area (TPSA) is 56.1 Å². The number of hydrogen-bond acceptors (Lipinski definition) is 3. The van der Waals surface area contributed by atoms with Crippen LogP contribution >= 0.6 is 0 Å². The molecule has 0 atom stereocenters. The maximum atomic E-state index is 12.2. The van der Waals surface area contributed by atoms with Crippen LogP contribution in [0.15, 0.2) is 0 Å². The highest BCUT2D eigenvalue weighted by molar-refractivity contribution is 5.79. The van der Waals surface area contributed by atoms with Crippen molar-refractivity contribution in [2.24, 2.45) is 0 Å². The molecule has 2 saturated carbocycles. The first-order valence-corrected chi connectivity index (χ1v) is 8.08. The summed E-state index contributed by atoms with van der Waals surface area (Å²) in [6.45, 7) is 0.425. The van der Waals surface area contributed by atoms with E-state index in [9.17, 15) is 10.1 Å². The minimum atomic E-state index is -0.582. The fourth-order valence-electron chi connectivity index (χ4n) is 3.60. The highest BCUT2D eigenvalue weighted by Crippen LogP contribution is 2.29. The van der Waals surface area contributed by atoms with E-state index < -0.39 is 5.54 Å². The minimum Gasteiger partial charge on any atom is -0.337 e. The molecule has 1 N–H and O–H groups in total. The number of carbonyl (C=O) groups is 1. The zero-order valence-electron chi connectivity index (χ0n) is 12.7. The van der Waals surface area contributed by atoms with Gasteiger partial charge in [-0.2, -0.15) is 5.26 Å². The second kappa shape index (κ2) is 7.08. The average Bonchev–Trinajstić information content (AvgIpc) is 2.73. The molecule has 20 heavy (non-hydrogen) atoms. The fourth-order valence-corrected chi connectivity index (χ4v) is 3.60. The largest absolute Gasteiger partial charge is 0.337 e. The van der Waals surface area contributed by atoms with E-state index in [0.717, 1.165) is 25.7 Å². The number of hydrogen-bond donors (Lipinski definition) is 1. The summed E-state index contributed by atoms with van der Waals surface area (Å²) in [6, 6.07) is 2.85. The molecule has 0 heterocycles. The highest BCUT2D eigenvalue weighted by Gasteiger charge is 2.35. The second-order valence-electron chi connectivity index (χ2n) is 6.51. The van der Waals surface area contributed by atoms with Crippen LogP contribution in [-0.4, -0.2) is 36.0 Å². The maximum absolute atomic E-state index is 12.2. The quantitative estimate of drug-likeness (QED) is 0.804. The van der Waals surface area contributed by atoms with Gasteiger partial charge in [0.25, 0.3) is 0 Å². The number of nitriles is 1. The van der Waals surface area contributed by atoms with Crippen molar-refractivity contribution in [1.82, 2.24) is 10.2 Å². The zero-order chi connectivity index (χ0) is 14.4. The van der Waals surface area contributed by atoms with Gasteiger partial charge in [-0.15, -0.1) is 0 Å². The van der Waals surface area contributed by atoms with E-state index in [2.05, 4.69) is 16.3 Å². The predicted octanol–water partition coefficient (Wildman–Crippen LogP) is 2.59. The van der Waals surface area contributed by atoms with Crippen LogP contribution in [0.25, 0.3) is 0 Å². The van der Waals surface area contributed by atoms with Crippen LogP contribution in [0.5, 0.6) is 0 Å². The Bertz CT molecular complexity index is 360. The van der Waals surface area contributed by atoms with Crippen molar-refractivity contribution in [3.05, 3.63) is 0 Å². The van der Waals surface area contributed by atoms with Gasteiger partial charge in [-0.1, -0.05) is 25.7 Å². The molecule has 1 amide bonds. The Morgan fingerprint density at radius 2 is 1.80 bits per heavy atom. The van der Waals surface area contributed by atoms with Crippen LogP contribution in [0.4, 0.5) is 0 Å². The Hall–Kier alpha value is -1.08. The first kappa shape index (κ1) is 15.3. The van der Waals surface area contributed by atoms with Crippen molar-refractivity contribution in [1.29, 1.82) is 5.26 Å². The molecule has 2 fully saturated rings. The molecule has 0 aliphatic heterocycles. The normalized spacial score (nSPS) is 23.2. The lowest BCUT2D eigenvalue weighted by molar-refractivity contribution is -0.123. The Balaban J connectivity index is 1.82. The molecular formula is C16H27N3O. The summed E-state index contributed by atoms with van der Waals surface area (Å²) in [4.78, 5) is 14.4. The first-order chi connectivity index (χ1) is 9.65. The van der Waals surface area contributed by atoms with E-state index in [1.165, 1.54) is 38.5 Å². The van der Waals surface area contributed by atoms with E-state index in [1.807, 2.05) is 7.05 Å². The van der Waals surface area contributed by atoms with Gasteiger partial charge in [0.05, 0.1) is 12.6 Å². The minimum absolute atomic E-state index is 0.0141. The zero-order valence-corrected chi connectivity index (χ0v) is 12.7. The van der Waals surface area contributed by atoms with Crippen molar-refractivity contribution in [3.8, 4) is 6.07 Å². The number of amides is 1. The van der Waals surface area contributed by atoms with Crippen molar-refractivity contribution in [3.63, 3.8) is 0 Å². The van der Waals surface area contributed by atoms with E-state index in [4.69, 9.17) is 0 Å². The number of carbonyl (C=O) groups excluding carboxylic acids is 1. The Morgan fingerprint density at radius 1 is 1.20 bits per heavy atom. The second-order valence-corrected chi connectivity index (χ2v) is 6.51. The molecule has 0 aromatic carbocycles. The highest BCUT2D eigenvalue weighted by atomic mass is 16.2. The SMILES string of the molecule is CN(CC(=O)NC1(C#N)CCCC1)C1CCCCCC1. The summed E-state index contributed by atoms with van der Waals surface area (Å²) >= 11 is 0. The molecule has 0 radical (unpaired) electrons. The Kier molecular flexibility index (Phi) is 5.42. The van der Waals surface area contributed by atoms with E-state index in [-0.39, 0.29) is 5.91 Å². The molecule has 2 aliphatic carbocycles. The van der Waals surface area contributed by atoms with E-state index in [1.54, 1.807) is 0 Å². The number of rotatable bonds is 4. The van der Waals surface area contributed by atoms with Crippen LogP contribution in [0, 0.1) is 11.3 Å². The van der Waals surface area contributed by atoms with Gasteiger partial charge in [0, 0.05) is 6.04 Å². The summed E-state index contributed by atoms with van der Waals surface area (Å²) in [7, 11) is 2.04. The van der Waals surface area contributed by atoms with Crippen LogP contribution in [0.1, 0.15) is 64.2 Å². The van der Waals surface area contributed by atoms with Crippen molar-refractivity contribution < 1.29 is 4.79 Å². The third-order valence-corrected chi connectivity index (χ3v) is 4.89. The third-order valence-electron chi connectivity index (χ3n) is 4.89. The van der Waals surface area contributed by atoms with Crippen LogP contribution in [0.3, 0.4) is 0 Å². The van der Waals surface area contributed by atoms with E-state index in [0.29, 0.717) is 12.6 Å². The molecule has 0 aromatic heterocycles. The molecule has 2 aliphatic rings. The molecule has 0 spiro atoms. The number of nitrogens with zero attached hydrogens (tertiary/aromatic N) is 2. The lowest BCUT2D eigenvalue weighted by atomic mass is 10.00. The summed E-state index contributed by atoms with van der Waals surface area (Å²) < 4.78 is 0. The van der Waals surface area contributed by atoms with Gasteiger partial charge in [0.15, 0.2) is 0 Å². The summed E-state index contributed by atoms with van der Waals surface area (Å²) in [5.74, 6) is 0.0141. The Morgan fingerprint density at radius 3 is 2.35 bits per heavy atom. The lowest BCUT2D eigenvalue weighted by Crippen LogP contribution is -2.49. The van der Waals surface area contributed by atoms with Gasteiger partial charge in [0.2, 0.25) is 5.91 Å². The van der Waals surface area contributed by atoms with Gasteiger partial charge in [-0.05, 0) is 45.6 Å². The molecular weight excluding hydrogens is 250 g/mol. The van der Waals surface area contributed by atoms with Crippen LogP contribution in [-0.2, 0) is 4.79 Å². The van der Waals surface area contributed by atoms with Gasteiger partial charge in [-0.25, -0.2) is 0 Å². The fraction of sp³-hybridized carbons (Fsp3) is 0.875. The molecule has 0 bridgehead atoms. The van der Waals surface area contributed by atoms with Crippen LogP contribution < -0.4 is 5.32 Å². The lowest BCUT2D eigenvalue weighted by Gasteiger charge is -2.28. The summed E-state index contributed by atoms with van der Waals surface area (Å²) in [5.41, 5.74) is -0.582. The van der Waals surface area contributed by atoms with Gasteiger partial charge in [-0.3, -0.25) is 9.69 Å². The molecule has 0 saturated heterocycles. The van der Waals surface area contributed by atoms with E-state index >= 15 is 0 Å². The van der Waals surface area contributed by atoms with Crippen molar-refractivity contribution >= 4 is 5.91 Å². The monoisotopic (exact) mass is 277 g/mol.